The summed E-state index contributed by atoms with van der Waals surface area (Å²) in [7, 11) is 1.89. The number of carbonyl (C=O) groups is 1. The molecular weight excluding hydrogens is 332 g/mol. The molecular formula is C17H24N8O. The number of nitrogens with two attached hydrogens (primary N) is 1. The van der Waals surface area contributed by atoms with E-state index in [0.29, 0.717) is 25.9 Å². The molecule has 2 aromatic rings. The molecule has 0 atom stereocenters. The third kappa shape index (κ3) is 2.49. The number of fused-ring (bicyclic) bond motifs is 1. The van der Waals surface area contributed by atoms with Crippen LogP contribution in [0, 0.1) is 0 Å². The third-order valence-electron chi connectivity index (χ3n) is 5.13. The zero-order chi connectivity index (χ0) is 18.7. The first-order valence-electron chi connectivity index (χ1n) is 8.82. The number of nitrogens with one attached hydrogen (secondary N) is 1. The molecule has 9 heteroatoms. The lowest BCUT2D eigenvalue weighted by Gasteiger charge is -2.36. The van der Waals surface area contributed by atoms with Gasteiger partial charge in [-0.15, -0.1) is 0 Å². The van der Waals surface area contributed by atoms with Gasteiger partial charge < -0.3 is 10.6 Å². The van der Waals surface area contributed by atoms with E-state index in [1.54, 1.807) is 10.9 Å². The summed E-state index contributed by atoms with van der Waals surface area (Å²) in [6.45, 7) is 7.64. The number of aliphatic imine (C=N–C) groups is 1. The minimum absolute atomic E-state index is 0.0979. The lowest BCUT2D eigenvalue weighted by Crippen LogP contribution is -2.49. The molecule has 3 N–H and O–H groups in total. The van der Waals surface area contributed by atoms with E-state index in [1.165, 1.54) is 0 Å². The number of aromatic nitrogens is 4. The highest BCUT2D eigenvalue weighted by molar-refractivity contribution is 6.07. The molecule has 26 heavy (non-hydrogen) atoms. The van der Waals surface area contributed by atoms with Crippen molar-refractivity contribution in [1.29, 1.82) is 0 Å². The molecule has 138 valence electrons. The van der Waals surface area contributed by atoms with E-state index in [0.717, 1.165) is 22.7 Å². The maximum atomic E-state index is 12.2. The number of guanidine groups is 1. The molecule has 1 fully saturated rings. The second-order valence-corrected chi connectivity index (χ2v) is 8.10. The first kappa shape index (κ1) is 16.7. The first-order chi connectivity index (χ1) is 12.2. The van der Waals surface area contributed by atoms with Crippen molar-refractivity contribution in [3.05, 3.63) is 12.0 Å². The maximum Gasteiger partial charge on any atom is 0.254 e. The van der Waals surface area contributed by atoms with Crippen molar-refractivity contribution >= 4 is 28.7 Å². The van der Waals surface area contributed by atoms with Crippen LogP contribution < -0.4 is 16.0 Å². The molecule has 4 heterocycles. The van der Waals surface area contributed by atoms with Gasteiger partial charge in [-0.1, -0.05) is 20.8 Å². The van der Waals surface area contributed by atoms with E-state index in [-0.39, 0.29) is 17.3 Å². The average molecular weight is 356 g/mol. The van der Waals surface area contributed by atoms with Crippen LogP contribution in [-0.4, -0.2) is 50.2 Å². The Morgan fingerprint density at radius 1 is 1.23 bits per heavy atom. The highest BCUT2D eigenvalue weighted by Gasteiger charge is 2.45. The largest absolute Gasteiger partial charge is 0.370 e. The molecule has 0 radical (unpaired) electrons. The number of nitrogens with zero attached hydrogens (tertiary/aromatic N) is 6. The number of piperidine rings is 1. The molecule has 0 saturated carbocycles. The van der Waals surface area contributed by atoms with Gasteiger partial charge in [-0.25, -0.2) is 15.0 Å². The number of carbonyl (C=O) groups excluding carboxylic acids is 1. The molecule has 1 amide bonds. The van der Waals surface area contributed by atoms with Crippen molar-refractivity contribution in [2.24, 2.45) is 17.8 Å². The molecule has 2 aliphatic rings. The average Bonchev–Trinajstić information content (AvgIpc) is 3.07. The summed E-state index contributed by atoms with van der Waals surface area (Å²) in [5.41, 5.74) is 5.61. The smallest absolute Gasteiger partial charge is 0.254 e. The van der Waals surface area contributed by atoms with E-state index in [2.05, 4.69) is 41.1 Å². The minimum atomic E-state index is -0.728. The van der Waals surface area contributed by atoms with Crippen LogP contribution in [0.1, 0.15) is 39.4 Å². The fourth-order valence-electron chi connectivity index (χ4n) is 3.55. The van der Waals surface area contributed by atoms with Gasteiger partial charge >= 0.3 is 0 Å². The van der Waals surface area contributed by atoms with Gasteiger partial charge in [0.2, 0.25) is 0 Å². The maximum absolute atomic E-state index is 12.2. The summed E-state index contributed by atoms with van der Waals surface area (Å²) in [6.07, 6.45) is 3.02. The van der Waals surface area contributed by atoms with Crippen molar-refractivity contribution in [3.8, 4) is 0 Å². The summed E-state index contributed by atoms with van der Waals surface area (Å²) in [5.74, 6) is 1.78. The number of rotatable bonds is 1. The highest BCUT2D eigenvalue weighted by Crippen LogP contribution is 2.34. The van der Waals surface area contributed by atoms with Crippen molar-refractivity contribution < 1.29 is 4.79 Å². The zero-order valence-electron chi connectivity index (χ0n) is 15.6. The predicted molar refractivity (Wildman–Crippen MR) is 98.9 cm³/mol. The number of aryl methyl sites for hydroxylation is 1. The number of hydrogen-bond donors (Lipinski definition) is 2. The van der Waals surface area contributed by atoms with Gasteiger partial charge in [-0.3, -0.25) is 14.8 Å². The molecule has 0 bridgehead atoms. The van der Waals surface area contributed by atoms with Gasteiger partial charge in [0.25, 0.3) is 5.91 Å². The standard InChI is InChI=1S/C17H24N8O/c1-16(2,3)13-20-11-10(9-19-24(11)4)12(21-13)25-7-5-17(6-8-25)14(26)22-15(18)23-17/h9H,5-8H2,1-4H3,(H3,18,22,23,26). The van der Waals surface area contributed by atoms with Crippen LogP contribution in [0.2, 0.25) is 0 Å². The second kappa shape index (κ2) is 5.39. The van der Waals surface area contributed by atoms with Crippen LogP contribution in [0.15, 0.2) is 11.2 Å². The van der Waals surface area contributed by atoms with E-state index in [9.17, 15) is 4.79 Å². The second-order valence-electron chi connectivity index (χ2n) is 8.10. The lowest BCUT2D eigenvalue weighted by molar-refractivity contribution is -0.124. The summed E-state index contributed by atoms with van der Waals surface area (Å²) < 4.78 is 1.77. The molecule has 1 spiro atoms. The van der Waals surface area contributed by atoms with Gasteiger partial charge in [0, 0.05) is 25.6 Å². The van der Waals surface area contributed by atoms with Crippen molar-refractivity contribution in [3.63, 3.8) is 0 Å². The molecule has 4 rings (SSSR count). The van der Waals surface area contributed by atoms with E-state index in [1.807, 2.05) is 7.05 Å². The van der Waals surface area contributed by atoms with Gasteiger partial charge in [0.05, 0.1) is 11.6 Å². The zero-order valence-corrected chi connectivity index (χ0v) is 15.6. The summed E-state index contributed by atoms with van der Waals surface area (Å²) >= 11 is 0. The highest BCUT2D eigenvalue weighted by atomic mass is 16.2. The van der Waals surface area contributed by atoms with Crippen molar-refractivity contribution in [2.75, 3.05) is 18.0 Å². The van der Waals surface area contributed by atoms with Crippen LogP contribution in [0.4, 0.5) is 5.82 Å². The number of hydrogen-bond acceptors (Lipinski definition) is 7. The molecule has 0 unspecified atom stereocenters. The van der Waals surface area contributed by atoms with Crippen LogP contribution in [0.3, 0.4) is 0 Å². The monoisotopic (exact) mass is 356 g/mol. The molecule has 9 nitrogen and oxygen atoms in total. The summed E-state index contributed by atoms with van der Waals surface area (Å²) in [6, 6.07) is 0. The summed E-state index contributed by atoms with van der Waals surface area (Å²) in [4.78, 5) is 28.4. The Bertz CT molecular complexity index is 915. The Hall–Kier alpha value is -2.71. The van der Waals surface area contributed by atoms with Crippen molar-refractivity contribution in [2.45, 2.75) is 44.6 Å². The van der Waals surface area contributed by atoms with E-state index in [4.69, 9.17) is 15.7 Å². The topological polar surface area (TPSA) is 114 Å². The molecule has 0 aromatic carbocycles. The number of anilines is 1. The van der Waals surface area contributed by atoms with Crippen LogP contribution in [0.25, 0.3) is 11.0 Å². The number of amides is 1. The molecule has 2 aromatic heterocycles. The Morgan fingerprint density at radius 3 is 2.50 bits per heavy atom. The Balaban J connectivity index is 1.71. The molecule has 1 saturated heterocycles. The minimum Gasteiger partial charge on any atom is -0.370 e. The quantitative estimate of drug-likeness (QED) is 0.766. The fraction of sp³-hybridized carbons (Fsp3) is 0.588. The van der Waals surface area contributed by atoms with E-state index < -0.39 is 5.54 Å². The normalized spacial score (nSPS) is 19.9. The SMILES string of the molecule is Cn1ncc2c(N3CCC4(CC3)N=C(N)NC4=O)nc(C(C)(C)C)nc21. The Kier molecular flexibility index (Phi) is 3.47. The van der Waals surface area contributed by atoms with Crippen LogP contribution in [0.5, 0.6) is 0 Å². The van der Waals surface area contributed by atoms with Gasteiger partial charge in [0.15, 0.2) is 11.6 Å². The van der Waals surface area contributed by atoms with E-state index >= 15 is 0 Å². The third-order valence-corrected chi connectivity index (χ3v) is 5.13. The first-order valence-corrected chi connectivity index (χ1v) is 8.82. The Labute approximate surface area is 151 Å². The predicted octanol–water partition coefficient (Wildman–Crippen LogP) is 0.444. The van der Waals surface area contributed by atoms with Gasteiger partial charge in [-0.2, -0.15) is 5.10 Å². The molecule has 2 aliphatic heterocycles. The summed E-state index contributed by atoms with van der Waals surface area (Å²) in [5, 5.41) is 7.90. The lowest BCUT2D eigenvalue weighted by atomic mass is 9.88. The fourth-order valence-corrected chi connectivity index (χ4v) is 3.55. The van der Waals surface area contributed by atoms with Gasteiger partial charge in [-0.05, 0) is 12.8 Å². The van der Waals surface area contributed by atoms with Crippen LogP contribution in [-0.2, 0) is 17.3 Å². The van der Waals surface area contributed by atoms with Crippen molar-refractivity contribution in [1.82, 2.24) is 25.1 Å². The Morgan fingerprint density at radius 2 is 1.92 bits per heavy atom. The molecule has 0 aliphatic carbocycles. The van der Waals surface area contributed by atoms with Crippen LogP contribution >= 0.6 is 0 Å². The van der Waals surface area contributed by atoms with Gasteiger partial charge in [0.1, 0.15) is 17.2 Å².